The van der Waals surface area contributed by atoms with Gasteiger partial charge in [-0.2, -0.15) is 0 Å². The highest BCUT2D eigenvalue weighted by molar-refractivity contribution is 5.39. The Kier molecular flexibility index (Phi) is 4.17. The first-order chi connectivity index (χ1) is 8.97. The van der Waals surface area contributed by atoms with Crippen molar-refractivity contribution in [2.24, 2.45) is 0 Å². The summed E-state index contributed by atoms with van der Waals surface area (Å²) in [5, 5.41) is 10.7. The van der Waals surface area contributed by atoms with Crippen LogP contribution in [-0.2, 0) is 6.54 Å². The minimum atomic E-state index is -0.339. The van der Waals surface area contributed by atoms with E-state index in [1.165, 1.54) is 5.56 Å². The van der Waals surface area contributed by atoms with Crippen molar-refractivity contribution in [3.8, 4) is 0 Å². The summed E-state index contributed by atoms with van der Waals surface area (Å²) < 4.78 is 0. The van der Waals surface area contributed by atoms with Gasteiger partial charge in [0.15, 0.2) is 0 Å². The predicted octanol–water partition coefficient (Wildman–Crippen LogP) is 2.04. The fourth-order valence-electron chi connectivity index (χ4n) is 2.48. The van der Waals surface area contributed by atoms with Gasteiger partial charge in [-0.1, -0.05) is 6.07 Å². The number of hydrogen-bond donors (Lipinski definition) is 0. The van der Waals surface area contributed by atoms with Crippen LogP contribution in [0, 0.1) is 17.0 Å². The van der Waals surface area contributed by atoms with E-state index >= 15 is 0 Å². The molecule has 5 heteroatoms. The van der Waals surface area contributed by atoms with Crippen LogP contribution in [0.1, 0.15) is 18.1 Å². The molecule has 0 bridgehead atoms. The SMILES string of the molecule is Cc1cc([N+](=O)[O-])ccc1CN1CCN(C)[C@@H](C)C1. The lowest BCUT2D eigenvalue weighted by molar-refractivity contribution is -0.384. The molecule has 1 aromatic carbocycles. The summed E-state index contributed by atoms with van der Waals surface area (Å²) in [4.78, 5) is 15.2. The van der Waals surface area contributed by atoms with Crippen LogP contribution < -0.4 is 0 Å². The van der Waals surface area contributed by atoms with Gasteiger partial charge >= 0.3 is 0 Å². The summed E-state index contributed by atoms with van der Waals surface area (Å²) in [6.45, 7) is 8.23. The van der Waals surface area contributed by atoms with E-state index in [0.717, 1.165) is 31.7 Å². The molecule has 0 radical (unpaired) electrons. The molecule has 1 aromatic rings. The van der Waals surface area contributed by atoms with Crippen LogP contribution in [0.3, 0.4) is 0 Å². The quantitative estimate of drug-likeness (QED) is 0.618. The van der Waals surface area contributed by atoms with Gasteiger partial charge in [-0.15, -0.1) is 0 Å². The van der Waals surface area contributed by atoms with Gasteiger partial charge in [0.05, 0.1) is 4.92 Å². The van der Waals surface area contributed by atoms with Gasteiger partial charge in [-0.3, -0.25) is 15.0 Å². The van der Waals surface area contributed by atoms with Crippen molar-refractivity contribution < 1.29 is 4.92 Å². The van der Waals surface area contributed by atoms with Crippen molar-refractivity contribution in [1.82, 2.24) is 9.80 Å². The van der Waals surface area contributed by atoms with Crippen LogP contribution in [-0.4, -0.2) is 47.4 Å². The molecule has 0 spiro atoms. The normalized spacial score (nSPS) is 21.5. The van der Waals surface area contributed by atoms with E-state index in [1.54, 1.807) is 12.1 Å². The fourth-order valence-corrected chi connectivity index (χ4v) is 2.48. The van der Waals surface area contributed by atoms with Gasteiger partial charge < -0.3 is 4.90 Å². The summed E-state index contributed by atoms with van der Waals surface area (Å²) in [5.41, 5.74) is 2.36. The summed E-state index contributed by atoms with van der Waals surface area (Å²) in [6, 6.07) is 5.71. The van der Waals surface area contributed by atoms with Crippen LogP contribution in [0.5, 0.6) is 0 Å². The van der Waals surface area contributed by atoms with Crippen molar-refractivity contribution in [3.05, 3.63) is 39.4 Å². The third-order valence-corrected chi connectivity index (χ3v) is 3.97. The van der Waals surface area contributed by atoms with E-state index in [1.807, 2.05) is 13.0 Å². The molecule has 0 unspecified atom stereocenters. The first-order valence-electron chi connectivity index (χ1n) is 6.64. The van der Waals surface area contributed by atoms with Crippen molar-refractivity contribution in [2.75, 3.05) is 26.7 Å². The number of piperazine rings is 1. The fraction of sp³-hybridized carbons (Fsp3) is 0.571. The van der Waals surface area contributed by atoms with Gasteiger partial charge in [0, 0.05) is 44.4 Å². The molecule has 1 aliphatic rings. The van der Waals surface area contributed by atoms with Gasteiger partial charge in [-0.25, -0.2) is 0 Å². The van der Waals surface area contributed by atoms with Gasteiger partial charge in [0.1, 0.15) is 0 Å². The van der Waals surface area contributed by atoms with Crippen LogP contribution in [0.4, 0.5) is 5.69 Å². The average molecular weight is 263 g/mol. The van der Waals surface area contributed by atoms with Crippen molar-refractivity contribution >= 4 is 5.69 Å². The molecule has 0 amide bonds. The Morgan fingerprint density at radius 1 is 1.42 bits per heavy atom. The first kappa shape index (κ1) is 14.0. The number of nitrogens with zero attached hydrogens (tertiary/aromatic N) is 3. The zero-order chi connectivity index (χ0) is 14.0. The van der Waals surface area contributed by atoms with E-state index in [-0.39, 0.29) is 10.6 Å². The molecule has 1 atom stereocenters. The number of aryl methyl sites for hydroxylation is 1. The number of non-ortho nitro benzene ring substituents is 1. The van der Waals surface area contributed by atoms with Crippen molar-refractivity contribution in [2.45, 2.75) is 26.4 Å². The molecule has 0 aromatic heterocycles. The number of hydrogen-bond acceptors (Lipinski definition) is 4. The maximum Gasteiger partial charge on any atom is 0.269 e. The van der Waals surface area contributed by atoms with Crippen LogP contribution in [0.25, 0.3) is 0 Å². The van der Waals surface area contributed by atoms with E-state index in [4.69, 9.17) is 0 Å². The molecule has 0 saturated carbocycles. The first-order valence-corrected chi connectivity index (χ1v) is 6.64. The average Bonchev–Trinajstić information content (AvgIpc) is 2.36. The monoisotopic (exact) mass is 263 g/mol. The second-order valence-corrected chi connectivity index (χ2v) is 5.43. The number of nitro benzene ring substituents is 1. The van der Waals surface area contributed by atoms with E-state index in [9.17, 15) is 10.1 Å². The number of nitro groups is 1. The standard InChI is InChI=1S/C14H21N3O2/c1-11-8-14(17(18)19)5-4-13(11)10-16-7-6-15(3)12(2)9-16/h4-5,8,12H,6-7,9-10H2,1-3H3/t12-/m0/s1. The molecule has 1 aliphatic heterocycles. The molecule has 1 saturated heterocycles. The van der Waals surface area contributed by atoms with Crippen LogP contribution >= 0.6 is 0 Å². The Morgan fingerprint density at radius 3 is 2.74 bits per heavy atom. The molecular weight excluding hydrogens is 242 g/mol. The third-order valence-electron chi connectivity index (χ3n) is 3.97. The van der Waals surface area contributed by atoms with Crippen LogP contribution in [0.2, 0.25) is 0 Å². The second kappa shape index (κ2) is 5.67. The summed E-state index contributed by atoms with van der Waals surface area (Å²) in [5.74, 6) is 0. The lowest BCUT2D eigenvalue weighted by atomic mass is 10.1. The highest BCUT2D eigenvalue weighted by Gasteiger charge is 2.21. The van der Waals surface area contributed by atoms with Gasteiger partial charge in [0.25, 0.3) is 5.69 Å². The summed E-state index contributed by atoms with van der Waals surface area (Å²) in [7, 11) is 2.15. The Hall–Kier alpha value is -1.46. The van der Waals surface area contributed by atoms with E-state index in [2.05, 4.69) is 23.8 Å². The summed E-state index contributed by atoms with van der Waals surface area (Å²) >= 11 is 0. The summed E-state index contributed by atoms with van der Waals surface area (Å²) in [6.07, 6.45) is 0. The zero-order valence-corrected chi connectivity index (χ0v) is 11.8. The molecule has 0 N–H and O–H groups in total. The highest BCUT2D eigenvalue weighted by Crippen LogP contribution is 2.19. The van der Waals surface area contributed by atoms with Crippen molar-refractivity contribution in [1.29, 1.82) is 0 Å². The topological polar surface area (TPSA) is 49.6 Å². The highest BCUT2D eigenvalue weighted by atomic mass is 16.6. The molecule has 104 valence electrons. The van der Waals surface area contributed by atoms with Crippen LogP contribution in [0.15, 0.2) is 18.2 Å². The molecular formula is C14H21N3O2. The van der Waals surface area contributed by atoms with Gasteiger partial charge in [-0.05, 0) is 32.0 Å². The minimum absolute atomic E-state index is 0.174. The largest absolute Gasteiger partial charge is 0.301 e. The number of benzene rings is 1. The number of likely N-dealkylation sites (N-methyl/N-ethyl adjacent to an activating group) is 1. The Bertz CT molecular complexity index is 476. The molecule has 5 nitrogen and oxygen atoms in total. The third kappa shape index (κ3) is 3.30. The Balaban J connectivity index is 2.05. The van der Waals surface area contributed by atoms with Crippen molar-refractivity contribution in [3.63, 3.8) is 0 Å². The molecule has 0 aliphatic carbocycles. The lowest BCUT2D eigenvalue weighted by Gasteiger charge is -2.37. The second-order valence-electron chi connectivity index (χ2n) is 5.43. The zero-order valence-electron chi connectivity index (χ0n) is 11.8. The maximum atomic E-state index is 10.7. The molecule has 19 heavy (non-hydrogen) atoms. The Morgan fingerprint density at radius 2 is 2.16 bits per heavy atom. The van der Waals surface area contributed by atoms with E-state index < -0.39 is 0 Å². The van der Waals surface area contributed by atoms with Gasteiger partial charge in [0.2, 0.25) is 0 Å². The predicted molar refractivity (Wildman–Crippen MR) is 75.2 cm³/mol. The minimum Gasteiger partial charge on any atom is -0.301 e. The molecule has 1 heterocycles. The molecule has 1 fully saturated rings. The van der Waals surface area contributed by atoms with E-state index in [0.29, 0.717) is 6.04 Å². The number of rotatable bonds is 3. The lowest BCUT2D eigenvalue weighted by Crippen LogP contribution is -2.49. The maximum absolute atomic E-state index is 10.7. The smallest absolute Gasteiger partial charge is 0.269 e. The Labute approximate surface area is 114 Å². The molecule has 2 rings (SSSR count).